The van der Waals surface area contributed by atoms with Crippen LogP contribution in [-0.2, 0) is 6.61 Å². The van der Waals surface area contributed by atoms with Crippen LogP contribution in [-0.4, -0.2) is 15.3 Å². The molecule has 2 heterocycles. The molecule has 21 heavy (non-hydrogen) atoms. The van der Waals surface area contributed by atoms with Crippen molar-refractivity contribution in [1.82, 2.24) is 9.38 Å². The molecule has 1 aromatic carbocycles. The number of carbonyl (C=O) groups is 1. The fourth-order valence-electron chi connectivity index (χ4n) is 1.96. The van der Waals surface area contributed by atoms with Crippen LogP contribution in [0.3, 0.4) is 0 Å². The van der Waals surface area contributed by atoms with Crippen molar-refractivity contribution in [2.24, 2.45) is 5.73 Å². The van der Waals surface area contributed by atoms with Gasteiger partial charge >= 0.3 is 0 Å². The highest BCUT2D eigenvalue weighted by Crippen LogP contribution is 2.15. The molecule has 3 rings (SSSR count). The molecular formula is C15H12ClN3O2. The van der Waals surface area contributed by atoms with Crippen molar-refractivity contribution in [2.75, 3.05) is 0 Å². The van der Waals surface area contributed by atoms with E-state index < -0.39 is 5.91 Å². The predicted molar refractivity (Wildman–Crippen MR) is 79.5 cm³/mol. The van der Waals surface area contributed by atoms with Gasteiger partial charge in [-0.15, -0.1) is 0 Å². The average Bonchev–Trinajstić information content (AvgIpc) is 2.87. The van der Waals surface area contributed by atoms with Gasteiger partial charge in [0.1, 0.15) is 18.0 Å². The highest BCUT2D eigenvalue weighted by molar-refractivity contribution is 6.30. The molecule has 0 unspecified atom stereocenters. The molecule has 0 atom stereocenters. The van der Waals surface area contributed by atoms with Crippen LogP contribution < -0.4 is 10.5 Å². The van der Waals surface area contributed by atoms with Gasteiger partial charge in [0.15, 0.2) is 0 Å². The minimum Gasteiger partial charge on any atom is -0.487 e. The smallest absolute Gasteiger partial charge is 0.248 e. The van der Waals surface area contributed by atoms with Gasteiger partial charge in [-0.05, 0) is 36.4 Å². The van der Waals surface area contributed by atoms with E-state index in [1.54, 1.807) is 36.5 Å². The van der Waals surface area contributed by atoms with Gasteiger partial charge in [-0.2, -0.15) is 0 Å². The number of carbonyl (C=O) groups excluding carboxylic acids is 1. The number of benzene rings is 1. The molecule has 2 N–H and O–H groups in total. The lowest BCUT2D eigenvalue weighted by molar-refractivity contribution is 0.100. The summed E-state index contributed by atoms with van der Waals surface area (Å²) in [6.07, 6.45) is 3.65. The number of fused-ring (bicyclic) bond motifs is 1. The van der Waals surface area contributed by atoms with Crippen molar-refractivity contribution in [3.63, 3.8) is 0 Å². The summed E-state index contributed by atoms with van der Waals surface area (Å²) < 4.78 is 7.47. The van der Waals surface area contributed by atoms with E-state index in [4.69, 9.17) is 22.1 Å². The number of nitrogens with two attached hydrogens (primary N) is 1. The Kier molecular flexibility index (Phi) is 3.50. The fraction of sp³-hybridized carbons (Fsp3) is 0.0667. The summed E-state index contributed by atoms with van der Waals surface area (Å²) in [5.74, 6) is 0.189. The number of aromatic nitrogens is 2. The number of pyridine rings is 1. The molecule has 2 aromatic heterocycles. The van der Waals surface area contributed by atoms with Crippen LogP contribution in [0.4, 0.5) is 0 Å². The van der Waals surface area contributed by atoms with E-state index in [0.717, 1.165) is 11.3 Å². The molecule has 0 aliphatic heterocycles. The summed E-state index contributed by atoms with van der Waals surface area (Å²) in [6, 6.07) is 10.3. The monoisotopic (exact) mass is 301 g/mol. The van der Waals surface area contributed by atoms with Crippen molar-refractivity contribution in [1.29, 1.82) is 0 Å². The van der Waals surface area contributed by atoms with Gasteiger partial charge in [0.25, 0.3) is 0 Å². The van der Waals surface area contributed by atoms with E-state index in [1.165, 1.54) is 0 Å². The molecule has 1 amide bonds. The molecule has 3 aromatic rings. The SMILES string of the molecule is NC(=O)c1ccc(OCc2cn3cc(Cl)ccc3n2)cc1. The Balaban J connectivity index is 1.72. The van der Waals surface area contributed by atoms with Crippen molar-refractivity contribution in [2.45, 2.75) is 6.61 Å². The van der Waals surface area contributed by atoms with Crippen LogP contribution in [0.2, 0.25) is 5.02 Å². The largest absolute Gasteiger partial charge is 0.487 e. The maximum atomic E-state index is 11.0. The standard InChI is InChI=1S/C15H12ClN3O2/c16-11-3-6-14-18-12(8-19(14)7-11)9-21-13-4-1-10(2-5-13)15(17)20/h1-8H,9H2,(H2,17,20). The van der Waals surface area contributed by atoms with Gasteiger partial charge in [-0.3, -0.25) is 4.79 Å². The molecule has 0 aliphatic rings. The Hall–Kier alpha value is -2.53. The Morgan fingerprint density at radius 3 is 2.67 bits per heavy atom. The third-order valence-electron chi connectivity index (χ3n) is 2.99. The first-order valence-electron chi connectivity index (χ1n) is 6.27. The van der Waals surface area contributed by atoms with Crippen LogP contribution in [0.15, 0.2) is 48.8 Å². The number of primary amides is 1. The first-order chi connectivity index (χ1) is 10.1. The normalized spacial score (nSPS) is 10.7. The van der Waals surface area contributed by atoms with Gasteiger partial charge < -0.3 is 14.9 Å². The highest BCUT2D eigenvalue weighted by Gasteiger charge is 2.04. The zero-order chi connectivity index (χ0) is 14.8. The van der Waals surface area contributed by atoms with Gasteiger partial charge in [0.05, 0.1) is 10.7 Å². The zero-order valence-electron chi connectivity index (χ0n) is 11.0. The van der Waals surface area contributed by atoms with Crippen LogP contribution in [0.25, 0.3) is 5.65 Å². The molecule has 5 nitrogen and oxygen atoms in total. The fourth-order valence-corrected chi connectivity index (χ4v) is 2.13. The van der Waals surface area contributed by atoms with Crippen molar-refractivity contribution >= 4 is 23.2 Å². The average molecular weight is 302 g/mol. The first kappa shape index (κ1) is 13.5. The number of amides is 1. The highest BCUT2D eigenvalue weighted by atomic mass is 35.5. The van der Waals surface area contributed by atoms with E-state index in [9.17, 15) is 4.79 Å². The second kappa shape index (κ2) is 5.46. The van der Waals surface area contributed by atoms with Crippen molar-refractivity contribution in [3.8, 4) is 5.75 Å². The van der Waals surface area contributed by atoms with E-state index in [0.29, 0.717) is 22.9 Å². The van der Waals surface area contributed by atoms with Crippen LogP contribution in [0.5, 0.6) is 5.75 Å². The maximum absolute atomic E-state index is 11.0. The van der Waals surface area contributed by atoms with Crippen molar-refractivity contribution < 1.29 is 9.53 Å². The molecule has 0 saturated carbocycles. The molecule has 0 radical (unpaired) electrons. The summed E-state index contributed by atoms with van der Waals surface area (Å²) >= 11 is 5.92. The topological polar surface area (TPSA) is 69.6 Å². The summed E-state index contributed by atoms with van der Waals surface area (Å²) in [5, 5.41) is 0.648. The molecule has 0 saturated heterocycles. The van der Waals surface area contributed by atoms with E-state index >= 15 is 0 Å². The number of hydrogen-bond donors (Lipinski definition) is 1. The zero-order valence-corrected chi connectivity index (χ0v) is 11.7. The van der Waals surface area contributed by atoms with E-state index in [-0.39, 0.29) is 0 Å². The molecule has 0 fully saturated rings. The molecule has 6 heteroatoms. The van der Waals surface area contributed by atoms with E-state index in [2.05, 4.69) is 4.98 Å². The molecule has 0 spiro atoms. The second-order valence-corrected chi connectivity index (χ2v) is 4.96. The first-order valence-corrected chi connectivity index (χ1v) is 6.65. The van der Waals surface area contributed by atoms with Gasteiger partial charge in [-0.25, -0.2) is 4.98 Å². The number of imidazole rings is 1. The van der Waals surface area contributed by atoms with Crippen LogP contribution in [0, 0.1) is 0 Å². The lowest BCUT2D eigenvalue weighted by Crippen LogP contribution is -2.10. The third-order valence-corrected chi connectivity index (χ3v) is 3.21. The maximum Gasteiger partial charge on any atom is 0.248 e. The molecule has 106 valence electrons. The molecule has 0 aliphatic carbocycles. The minimum atomic E-state index is -0.459. The number of ether oxygens (including phenoxy) is 1. The summed E-state index contributed by atoms with van der Waals surface area (Å²) in [7, 11) is 0. The van der Waals surface area contributed by atoms with E-state index in [1.807, 2.05) is 16.7 Å². The quantitative estimate of drug-likeness (QED) is 0.805. The van der Waals surface area contributed by atoms with Crippen LogP contribution in [0.1, 0.15) is 16.1 Å². The lowest BCUT2D eigenvalue weighted by atomic mass is 10.2. The summed E-state index contributed by atoms with van der Waals surface area (Å²) in [5.41, 5.74) is 7.23. The predicted octanol–water partition coefficient (Wildman–Crippen LogP) is 2.67. The third kappa shape index (κ3) is 2.98. The number of rotatable bonds is 4. The summed E-state index contributed by atoms with van der Waals surface area (Å²) in [6.45, 7) is 0.329. The molecular weight excluding hydrogens is 290 g/mol. The van der Waals surface area contributed by atoms with Gasteiger partial charge in [-0.1, -0.05) is 11.6 Å². The van der Waals surface area contributed by atoms with Gasteiger partial charge in [0.2, 0.25) is 5.91 Å². The van der Waals surface area contributed by atoms with Gasteiger partial charge in [0, 0.05) is 18.0 Å². The summed E-state index contributed by atoms with van der Waals surface area (Å²) in [4.78, 5) is 15.4. The second-order valence-electron chi connectivity index (χ2n) is 4.52. The Morgan fingerprint density at radius 2 is 1.95 bits per heavy atom. The number of halogens is 1. The lowest BCUT2D eigenvalue weighted by Gasteiger charge is -2.04. The van der Waals surface area contributed by atoms with Crippen molar-refractivity contribution in [3.05, 3.63) is 65.1 Å². The number of hydrogen-bond acceptors (Lipinski definition) is 3. The van der Waals surface area contributed by atoms with Crippen LogP contribution >= 0.6 is 11.6 Å². The Morgan fingerprint density at radius 1 is 1.19 bits per heavy atom. The number of nitrogens with zero attached hydrogens (tertiary/aromatic N) is 2. The molecule has 0 bridgehead atoms. The minimum absolute atomic E-state index is 0.329. The Bertz CT molecular complexity index is 796. The Labute approximate surface area is 125 Å².